The van der Waals surface area contributed by atoms with Crippen LogP contribution in [0.25, 0.3) is 0 Å². The first-order valence-electron chi connectivity index (χ1n) is 4.54. The van der Waals surface area contributed by atoms with Gasteiger partial charge in [0.1, 0.15) is 0 Å². The third kappa shape index (κ3) is 4.65. The van der Waals surface area contributed by atoms with Gasteiger partial charge in [-0.25, -0.2) is 0 Å². The summed E-state index contributed by atoms with van der Waals surface area (Å²) in [4.78, 5) is 0. The lowest BCUT2D eigenvalue weighted by atomic mass is 10.2. The summed E-state index contributed by atoms with van der Waals surface area (Å²) < 4.78 is 10.4. The molecule has 0 heterocycles. The Morgan fingerprint density at radius 2 is 1.85 bits per heavy atom. The number of hydrogen-bond donors (Lipinski definition) is 0. The summed E-state index contributed by atoms with van der Waals surface area (Å²) in [5.41, 5.74) is 1.22. The van der Waals surface area contributed by atoms with Crippen LogP contribution in [0.1, 0.15) is 12.0 Å². The minimum Gasteiger partial charge on any atom is -0.385 e. The molecule has 0 spiro atoms. The van der Waals surface area contributed by atoms with Crippen molar-refractivity contribution in [2.24, 2.45) is 0 Å². The van der Waals surface area contributed by atoms with E-state index in [1.54, 1.807) is 7.11 Å². The lowest BCUT2D eigenvalue weighted by Crippen LogP contribution is -1.98. The molecule has 1 aromatic carbocycles. The van der Waals surface area contributed by atoms with Gasteiger partial charge in [0.15, 0.2) is 0 Å². The van der Waals surface area contributed by atoms with Crippen LogP contribution in [-0.4, -0.2) is 20.3 Å². The monoisotopic (exact) mass is 180 g/mol. The predicted octanol–water partition coefficient (Wildman–Crippen LogP) is 2.24. The average Bonchev–Trinajstić information content (AvgIpc) is 2.19. The van der Waals surface area contributed by atoms with Crippen molar-refractivity contribution in [1.82, 2.24) is 0 Å². The van der Waals surface area contributed by atoms with Crippen molar-refractivity contribution in [3.63, 3.8) is 0 Å². The Morgan fingerprint density at radius 3 is 2.54 bits per heavy atom. The zero-order valence-electron chi connectivity index (χ0n) is 8.03. The van der Waals surface area contributed by atoms with Gasteiger partial charge in [0.25, 0.3) is 0 Å². The summed E-state index contributed by atoms with van der Waals surface area (Å²) in [5, 5.41) is 0. The Morgan fingerprint density at radius 1 is 1.08 bits per heavy atom. The molecule has 0 bridgehead atoms. The molecular weight excluding hydrogens is 164 g/mol. The highest BCUT2D eigenvalue weighted by Crippen LogP contribution is 2.00. The van der Waals surface area contributed by atoms with Gasteiger partial charge in [0.2, 0.25) is 0 Å². The molecule has 1 aromatic rings. The van der Waals surface area contributed by atoms with Crippen LogP contribution in [0.5, 0.6) is 0 Å². The predicted molar refractivity (Wildman–Crippen MR) is 52.6 cm³/mol. The summed E-state index contributed by atoms with van der Waals surface area (Å²) in [5.74, 6) is 0. The number of ether oxygens (including phenoxy) is 2. The maximum atomic E-state index is 5.44. The topological polar surface area (TPSA) is 18.5 Å². The molecule has 0 radical (unpaired) electrons. The van der Waals surface area contributed by atoms with Crippen molar-refractivity contribution in [3.8, 4) is 0 Å². The van der Waals surface area contributed by atoms with E-state index in [0.29, 0.717) is 6.61 Å². The molecular formula is C11H16O2. The Labute approximate surface area is 79.5 Å². The van der Waals surface area contributed by atoms with E-state index in [-0.39, 0.29) is 0 Å². The molecule has 2 heteroatoms. The van der Waals surface area contributed by atoms with E-state index in [0.717, 1.165) is 19.6 Å². The largest absolute Gasteiger partial charge is 0.385 e. The quantitative estimate of drug-likeness (QED) is 0.625. The first-order chi connectivity index (χ1) is 6.43. The Balaban J connectivity index is 2.07. The second kappa shape index (κ2) is 6.63. The van der Waals surface area contributed by atoms with E-state index < -0.39 is 0 Å². The van der Waals surface area contributed by atoms with E-state index in [1.807, 2.05) is 18.2 Å². The normalized spacial score (nSPS) is 10.2. The van der Waals surface area contributed by atoms with Crippen LogP contribution in [-0.2, 0) is 16.1 Å². The standard InChI is InChI=1S/C11H16O2/c1-12-8-5-9-13-10-11-6-3-2-4-7-11/h2-4,6-7H,5,8-10H2,1H3. The zero-order valence-corrected chi connectivity index (χ0v) is 8.03. The third-order valence-corrected chi connectivity index (χ3v) is 1.75. The fourth-order valence-corrected chi connectivity index (χ4v) is 1.07. The number of hydrogen-bond acceptors (Lipinski definition) is 2. The smallest absolute Gasteiger partial charge is 0.0716 e. The molecule has 0 amide bonds. The van der Waals surface area contributed by atoms with E-state index in [1.165, 1.54) is 5.56 Å². The van der Waals surface area contributed by atoms with E-state index in [2.05, 4.69) is 12.1 Å². The summed E-state index contributed by atoms with van der Waals surface area (Å²) in [6.45, 7) is 2.24. The second-order valence-corrected chi connectivity index (χ2v) is 2.88. The highest BCUT2D eigenvalue weighted by molar-refractivity contribution is 5.13. The van der Waals surface area contributed by atoms with Crippen molar-refractivity contribution in [3.05, 3.63) is 35.9 Å². The summed E-state index contributed by atoms with van der Waals surface area (Å²) in [6, 6.07) is 10.2. The maximum Gasteiger partial charge on any atom is 0.0716 e. The summed E-state index contributed by atoms with van der Waals surface area (Å²) >= 11 is 0. The van der Waals surface area contributed by atoms with Gasteiger partial charge in [-0.05, 0) is 12.0 Å². The van der Waals surface area contributed by atoms with Gasteiger partial charge in [-0.2, -0.15) is 0 Å². The minimum absolute atomic E-state index is 0.699. The second-order valence-electron chi connectivity index (χ2n) is 2.88. The average molecular weight is 180 g/mol. The van der Waals surface area contributed by atoms with E-state index >= 15 is 0 Å². The summed E-state index contributed by atoms with van der Waals surface area (Å²) in [7, 11) is 1.71. The highest BCUT2D eigenvalue weighted by Gasteiger charge is 1.91. The van der Waals surface area contributed by atoms with Crippen molar-refractivity contribution in [2.45, 2.75) is 13.0 Å². The lowest BCUT2D eigenvalue weighted by molar-refractivity contribution is 0.0928. The highest BCUT2D eigenvalue weighted by atomic mass is 16.5. The maximum absolute atomic E-state index is 5.44. The molecule has 0 aromatic heterocycles. The van der Waals surface area contributed by atoms with Crippen LogP contribution in [0.3, 0.4) is 0 Å². The fourth-order valence-electron chi connectivity index (χ4n) is 1.07. The Hall–Kier alpha value is -0.860. The zero-order chi connectivity index (χ0) is 9.36. The molecule has 0 aliphatic heterocycles. The number of methoxy groups -OCH3 is 1. The Kier molecular flexibility index (Phi) is 5.22. The Bertz CT molecular complexity index is 209. The van der Waals surface area contributed by atoms with Gasteiger partial charge >= 0.3 is 0 Å². The van der Waals surface area contributed by atoms with Crippen molar-refractivity contribution in [2.75, 3.05) is 20.3 Å². The summed E-state index contributed by atoms with van der Waals surface area (Å²) in [6.07, 6.45) is 0.962. The van der Waals surface area contributed by atoms with Gasteiger partial charge in [0, 0.05) is 20.3 Å². The van der Waals surface area contributed by atoms with Crippen molar-refractivity contribution >= 4 is 0 Å². The molecule has 0 aliphatic rings. The first-order valence-corrected chi connectivity index (χ1v) is 4.54. The molecule has 2 nitrogen and oxygen atoms in total. The first kappa shape index (κ1) is 10.2. The number of benzene rings is 1. The lowest BCUT2D eigenvalue weighted by Gasteiger charge is -2.03. The molecule has 72 valence electrons. The van der Waals surface area contributed by atoms with Crippen LogP contribution < -0.4 is 0 Å². The van der Waals surface area contributed by atoms with Crippen LogP contribution in [0, 0.1) is 0 Å². The molecule has 0 saturated carbocycles. The minimum atomic E-state index is 0.699. The molecule has 0 atom stereocenters. The molecule has 0 saturated heterocycles. The van der Waals surface area contributed by atoms with Crippen LogP contribution in [0.2, 0.25) is 0 Å². The molecule has 0 fully saturated rings. The molecule has 0 N–H and O–H groups in total. The third-order valence-electron chi connectivity index (χ3n) is 1.75. The van der Waals surface area contributed by atoms with E-state index in [4.69, 9.17) is 9.47 Å². The van der Waals surface area contributed by atoms with Gasteiger partial charge in [-0.3, -0.25) is 0 Å². The SMILES string of the molecule is COCCCOCc1ccccc1. The molecule has 0 unspecified atom stereocenters. The van der Waals surface area contributed by atoms with Crippen LogP contribution >= 0.6 is 0 Å². The van der Waals surface area contributed by atoms with Gasteiger partial charge in [-0.1, -0.05) is 30.3 Å². The van der Waals surface area contributed by atoms with Gasteiger partial charge < -0.3 is 9.47 Å². The van der Waals surface area contributed by atoms with Crippen molar-refractivity contribution < 1.29 is 9.47 Å². The molecule has 13 heavy (non-hydrogen) atoms. The van der Waals surface area contributed by atoms with Crippen molar-refractivity contribution in [1.29, 1.82) is 0 Å². The van der Waals surface area contributed by atoms with Gasteiger partial charge in [0.05, 0.1) is 6.61 Å². The van der Waals surface area contributed by atoms with Crippen LogP contribution in [0.15, 0.2) is 30.3 Å². The molecule has 0 aliphatic carbocycles. The van der Waals surface area contributed by atoms with Crippen LogP contribution in [0.4, 0.5) is 0 Å². The molecule has 1 rings (SSSR count). The van der Waals surface area contributed by atoms with E-state index in [9.17, 15) is 0 Å². The fraction of sp³-hybridized carbons (Fsp3) is 0.455. The number of rotatable bonds is 6. The van der Waals surface area contributed by atoms with Gasteiger partial charge in [-0.15, -0.1) is 0 Å².